The fourth-order valence-electron chi connectivity index (χ4n) is 3.83. The molecular weight excluding hydrogens is 499 g/mol. The number of benzene rings is 2. The third kappa shape index (κ3) is 6.40. The molecule has 0 spiro atoms. The molecule has 0 saturated heterocycles. The Bertz CT molecular complexity index is 1410. The molecule has 0 bridgehead atoms. The Hall–Kier alpha value is -3.46. The minimum absolute atomic E-state index is 0.0176. The van der Waals surface area contributed by atoms with Gasteiger partial charge in [-0.3, -0.25) is 14.6 Å². The summed E-state index contributed by atoms with van der Waals surface area (Å²) in [7, 11) is 0. The van der Waals surface area contributed by atoms with Gasteiger partial charge >= 0.3 is 0 Å². The van der Waals surface area contributed by atoms with E-state index in [9.17, 15) is 9.59 Å². The molecule has 186 valence electrons. The van der Waals surface area contributed by atoms with Crippen LogP contribution in [0.5, 0.6) is 0 Å². The average Bonchev–Trinajstić information content (AvgIpc) is 2.88. The number of rotatable bonds is 11. The Morgan fingerprint density at radius 3 is 2.58 bits per heavy atom. The lowest BCUT2D eigenvalue weighted by molar-refractivity contribution is -0.121. The van der Waals surface area contributed by atoms with Gasteiger partial charge in [-0.25, -0.2) is 4.98 Å². The van der Waals surface area contributed by atoms with Gasteiger partial charge in [-0.05, 0) is 42.3 Å². The summed E-state index contributed by atoms with van der Waals surface area (Å²) in [5, 5.41) is 13.3. The first-order valence-corrected chi connectivity index (χ1v) is 12.3. The summed E-state index contributed by atoms with van der Waals surface area (Å²) in [6.07, 6.45) is 4.59. The second-order valence-corrected chi connectivity index (χ2v) is 9.10. The van der Waals surface area contributed by atoms with Crippen molar-refractivity contribution in [1.82, 2.24) is 20.6 Å². The molecule has 36 heavy (non-hydrogen) atoms. The fourth-order valence-corrected chi connectivity index (χ4v) is 4.15. The van der Waals surface area contributed by atoms with Crippen LogP contribution in [0.15, 0.2) is 54.9 Å². The van der Waals surface area contributed by atoms with Gasteiger partial charge in [0, 0.05) is 66.7 Å². The standard InChI is InChI=1S/C26H26Cl2N6O2/c27-21-5-2-16(12-22(21)28)14-30-11-7-24(35)32-8-1-9-33-26-19-6-10-31-15-20(19)18-4-3-17(25(29)36)13-23(18)34-26/h2-6,10,12-13,15,30H,1,7-9,11,14H2,(H2,29,36)(H,32,35)(H,33,34). The molecule has 2 amide bonds. The predicted octanol–water partition coefficient (Wildman–Crippen LogP) is 4.29. The summed E-state index contributed by atoms with van der Waals surface area (Å²) in [4.78, 5) is 32.7. The zero-order valence-corrected chi connectivity index (χ0v) is 21.0. The topological polar surface area (TPSA) is 122 Å². The number of carbonyl (C=O) groups excluding carboxylic acids is 2. The molecule has 5 N–H and O–H groups in total. The molecule has 2 heterocycles. The van der Waals surface area contributed by atoms with E-state index in [4.69, 9.17) is 33.9 Å². The minimum Gasteiger partial charge on any atom is -0.369 e. The van der Waals surface area contributed by atoms with E-state index in [0.29, 0.717) is 59.5 Å². The van der Waals surface area contributed by atoms with Crippen LogP contribution in [0.25, 0.3) is 21.7 Å². The van der Waals surface area contributed by atoms with E-state index < -0.39 is 5.91 Å². The molecule has 0 aliphatic carbocycles. The molecule has 2 aromatic heterocycles. The van der Waals surface area contributed by atoms with Crippen molar-refractivity contribution >= 4 is 62.5 Å². The number of amides is 2. The molecule has 8 nitrogen and oxygen atoms in total. The zero-order chi connectivity index (χ0) is 25.5. The molecule has 0 aliphatic rings. The third-order valence-electron chi connectivity index (χ3n) is 5.69. The molecule has 4 aromatic rings. The normalized spacial score (nSPS) is 11.1. The Kier molecular flexibility index (Phi) is 8.53. The predicted molar refractivity (Wildman–Crippen MR) is 144 cm³/mol. The van der Waals surface area contributed by atoms with Gasteiger partial charge in [0.15, 0.2) is 0 Å². The molecule has 0 fully saturated rings. The average molecular weight is 525 g/mol. The number of hydrogen-bond acceptors (Lipinski definition) is 6. The molecule has 2 aromatic carbocycles. The first-order valence-electron chi connectivity index (χ1n) is 11.5. The van der Waals surface area contributed by atoms with E-state index in [-0.39, 0.29) is 5.91 Å². The highest BCUT2D eigenvalue weighted by Gasteiger charge is 2.11. The highest BCUT2D eigenvalue weighted by Crippen LogP contribution is 2.29. The van der Waals surface area contributed by atoms with Gasteiger partial charge in [-0.15, -0.1) is 0 Å². The van der Waals surface area contributed by atoms with Gasteiger partial charge in [0.05, 0.1) is 15.6 Å². The second kappa shape index (κ2) is 12.0. The maximum Gasteiger partial charge on any atom is 0.248 e. The lowest BCUT2D eigenvalue weighted by Gasteiger charge is -2.12. The number of nitrogens with one attached hydrogen (secondary N) is 3. The van der Waals surface area contributed by atoms with Gasteiger partial charge in [-0.1, -0.05) is 35.3 Å². The second-order valence-electron chi connectivity index (χ2n) is 8.28. The lowest BCUT2D eigenvalue weighted by atomic mass is 10.1. The van der Waals surface area contributed by atoms with Gasteiger partial charge < -0.3 is 21.7 Å². The monoisotopic (exact) mass is 524 g/mol. The van der Waals surface area contributed by atoms with Crippen molar-refractivity contribution in [3.05, 3.63) is 76.0 Å². The van der Waals surface area contributed by atoms with Crippen molar-refractivity contribution in [2.75, 3.05) is 25.0 Å². The zero-order valence-electron chi connectivity index (χ0n) is 19.5. The van der Waals surface area contributed by atoms with Crippen molar-refractivity contribution in [2.45, 2.75) is 19.4 Å². The Morgan fingerprint density at radius 1 is 0.917 bits per heavy atom. The number of carbonyl (C=O) groups is 2. The van der Waals surface area contributed by atoms with Crippen LogP contribution in [0.2, 0.25) is 10.0 Å². The highest BCUT2D eigenvalue weighted by atomic mass is 35.5. The van der Waals surface area contributed by atoms with Crippen LogP contribution in [0.3, 0.4) is 0 Å². The molecule has 0 aliphatic heterocycles. The molecule has 0 unspecified atom stereocenters. The van der Waals surface area contributed by atoms with Crippen LogP contribution >= 0.6 is 23.2 Å². The first-order chi connectivity index (χ1) is 17.4. The van der Waals surface area contributed by atoms with Gasteiger partial charge in [0.1, 0.15) is 5.82 Å². The number of anilines is 1. The number of aromatic nitrogens is 2. The summed E-state index contributed by atoms with van der Waals surface area (Å²) in [5.74, 6) is 0.176. The largest absolute Gasteiger partial charge is 0.369 e. The summed E-state index contributed by atoms with van der Waals surface area (Å²) >= 11 is 11.9. The number of primary amides is 1. The van der Waals surface area contributed by atoms with Crippen LogP contribution in [-0.4, -0.2) is 41.4 Å². The quantitative estimate of drug-likeness (QED) is 0.171. The number of halogens is 2. The Labute approximate surface area is 218 Å². The number of hydrogen-bond donors (Lipinski definition) is 4. The summed E-state index contributed by atoms with van der Waals surface area (Å²) in [6, 6.07) is 12.6. The van der Waals surface area contributed by atoms with Crippen molar-refractivity contribution < 1.29 is 9.59 Å². The van der Waals surface area contributed by atoms with Crippen LogP contribution in [0.4, 0.5) is 5.82 Å². The molecule has 0 saturated carbocycles. The van der Waals surface area contributed by atoms with Crippen LogP contribution in [0.1, 0.15) is 28.8 Å². The van der Waals surface area contributed by atoms with E-state index in [1.807, 2.05) is 24.3 Å². The van der Waals surface area contributed by atoms with Gasteiger partial charge in [-0.2, -0.15) is 0 Å². The molecular formula is C26H26Cl2N6O2. The van der Waals surface area contributed by atoms with Crippen LogP contribution in [-0.2, 0) is 11.3 Å². The molecule has 0 radical (unpaired) electrons. The van der Waals surface area contributed by atoms with E-state index in [1.54, 1.807) is 30.6 Å². The van der Waals surface area contributed by atoms with E-state index in [1.165, 1.54) is 0 Å². The van der Waals surface area contributed by atoms with Crippen molar-refractivity contribution in [1.29, 1.82) is 0 Å². The molecule has 4 rings (SSSR count). The van der Waals surface area contributed by atoms with Gasteiger partial charge in [0.2, 0.25) is 11.8 Å². The van der Waals surface area contributed by atoms with Crippen LogP contribution < -0.4 is 21.7 Å². The maximum atomic E-state index is 12.1. The lowest BCUT2D eigenvalue weighted by Crippen LogP contribution is -2.29. The number of nitrogens with zero attached hydrogens (tertiary/aromatic N) is 2. The smallest absolute Gasteiger partial charge is 0.248 e. The SMILES string of the molecule is NC(=O)c1ccc2c(c1)nc(NCCCNC(=O)CCNCc1ccc(Cl)c(Cl)c1)c1ccncc12. The van der Waals surface area contributed by atoms with E-state index >= 15 is 0 Å². The first kappa shape index (κ1) is 25.6. The summed E-state index contributed by atoms with van der Waals surface area (Å²) in [5.41, 5.74) is 7.50. The van der Waals surface area contributed by atoms with Crippen molar-refractivity contribution in [2.24, 2.45) is 5.73 Å². The minimum atomic E-state index is -0.500. The third-order valence-corrected chi connectivity index (χ3v) is 6.43. The Morgan fingerprint density at radius 2 is 1.78 bits per heavy atom. The maximum absolute atomic E-state index is 12.1. The van der Waals surface area contributed by atoms with E-state index in [0.717, 1.165) is 28.1 Å². The summed E-state index contributed by atoms with van der Waals surface area (Å²) in [6.45, 7) is 2.31. The fraction of sp³-hybridized carbons (Fsp3) is 0.231. The van der Waals surface area contributed by atoms with Gasteiger partial charge in [0.25, 0.3) is 0 Å². The summed E-state index contributed by atoms with van der Waals surface area (Å²) < 4.78 is 0. The number of nitrogens with two attached hydrogens (primary N) is 1. The molecule has 10 heteroatoms. The molecule has 0 atom stereocenters. The highest BCUT2D eigenvalue weighted by molar-refractivity contribution is 6.42. The van der Waals surface area contributed by atoms with Crippen molar-refractivity contribution in [3.8, 4) is 0 Å². The number of fused-ring (bicyclic) bond motifs is 3. The van der Waals surface area contributed by atoms with Crippen molar-refractivity contribution in [3.63, 3.8) is 0 Å². The van der Waals surface area contributed by atoms with E-state index in [2.05, 4.69) is 20.9 Å². The number of pyridine rings is 2. The van der Waals surface area contributed by atoms with Crippen LogP contribution in [0, 0.1) is 0 Å². The Balaban J connectivity index is 1.24.